The zero-order chi connectivity index (χ0) is 15.1. The summed E-state index contributed by atoms with van der Waals surface area (Å²) in [6, 6.07) is 3.74. The molecule has 0 saturated carbocycles. The van der Waals surface area contributed by atoms with Crippen molar-refractivity contribution < 1.29 is 9.13 Å². The maximum atomic E-state index is 14.4. The second-order valence-corrected chi connectivity index (χ2v) is 5.78. The molecule has 0 heterocycles. The average molecular weight is 281 g/mol. The normalized spacial score (nSPS) is 14.3. The van der Waals surface area contributed by atoms with Crippen LogP contribution in [0.3, 0.4) is 0 Å². The van der Waals surface area contributed by atoms with Crippen molar-refractivity contribution in [3.8, 4) is 0 Å². The van der Waals surface area contributed by atoms with Crippen LogP contribution in [0.1, 0.15) is 49.4 Å². The molecule has 0 aliphatic rings. The van der Waals surface area contributed by atoms with E-state index in [0.29, 0.717) is 12.5 Å². The highest BCUT2D eigenvalue weighted by Gasteiger charge is 2.20. The zero-order valence-electron chi connectivity index (χ0n) is 13.4. The monoisotopic (exact) mass is 281 g/mol. The lowest BCUT2D eigenvalue weighted by molar-refractivity contribution is 0.149. The minimum absolute atomic E-state index is 0.0562. The zero-order valence-corrected chi connectivity index (χ0v) is 13.4. The third-order valence-corrected chi connectivity index (χ3v) is 3.56. The van der Waals surface area contributed by atoms with E-state index >= 15 is 0 Å². The maximum absolute atomic E-state index is 14.4. The predicted octanol–water partition coefficient (Wildman–Crippen LogP) is 4.16. The van der Waals surface area contributed by atoms with Crippen LogP contribution >= 0.6 is 0 Å². The van der Waals surface area contributed by atoms with E-state index in [0.717, 1.165) is 36.1 Å². The molecule has 3 heteroatoms. The molecule has 2 nitrogen and oxygen atoms in total. The van der Waals surface area contributed by atoms with Crippen molar-refractivity contribution in [3.05, 3.63) is 34.6 Å². The van der Waals surface area contributed by atoms with Crippen LogP contribution in [-0.2, 0) is 4.74 Å². The van der Waals surface area contributed by atoms with Gasteiger partial charge in [-0.05, 0) is 56.3 Å². The average Bonchev–Trinajstić information content (AvgIpc) is 2.34. The first-order valence-corrected chi connectivity index (χ1v) is 7.48. The standard InChI is InChI=1S/C17H28FNO/c1-6-7-19-16(10-13(3)11-20-5)17-14(4)8-12(2)9-15(17)18/h8-9,13,16,19H,6-7,10-11H2,1-5H3. The number of nitrogens with one attached hydrogen (secondary N) is 1. The fourth-order valence-electron chi connectivity index (χ4n) is 2.74. The van der Waals surface area contributed by atoms with E-state index in [1.807, 2.05) is 13.8 Å². The van der Waals surface area contributed by atoms with Gasteiger partial charge >= 0.3 is 0 Å². The van der Waals surface area contributed by atoms with E-state index in [1.54, 1.807) is 13.2 Å². The lowest BCUT2D eigenvalue weighted by Crippen LogP contribution is -2.26. The van der Waals surface area contributed by atoms with Gasteiger partial charge < -0.3 is 10.1 Å². The van der Waals surface area contributed by atoms with Crippen LogP contribution in [0.5, 0.6) is 0 Å². The summed E-state index contributed by atoms with van der Waals surface area (Å²) in [5.41, 5.74) is 2.82. The Kier molecular flexibility index (Phi) is 7.17. The molecule has 1 aromatic carbocycles. The lowest BCUT2D eigenvalue weighted by Gasteiger charge is -2.24. The van der Waals surface area contributed by atoms with E-state index in [-0.39, 0.29) is 11.9 Å². The van der Waals surface area contributed by atoms with Gasteiger partial charge in [-0.25, -0.2) is 4.39 Å². The molecule has 2 atom stereocenters. The number of benzene rings is 1. The molecule has 0 bridgehead atoms. The van der Waals surface area contributed by atoms with Gasteiger partial charge in [-0.2, -0.15) is 0 Å². The first-order chi connectivity index (χ1) is 9.49. The number of rotatable bonds is 8. The van der Waals surface area contributed by atoms with Crippen molar-refractivity contribution in [1.82, 2.24) is 5.32 Å². The fraction of sp³-hybridized carbons (Fsp3) is 0.647. The molecule has 1 N–H and O–H groups in total. The Morgan fingerprint density at radius 1 is 1.30 bits per heavy atom. The minimum atomic E-state index is -0.0966. The summed E-state index contributed by atoms with van der Waals surface area (Å²) in [5.74, 6) is 0.301. The Bertz CT molecular complexity index is 396. The highest BCUT2D eigenvalue weighted by atomic mass is 19.1. The van der Waals surface area contributed by atoms with Crippen molar-refractivity contribution in [2.24, 2.45) is 5.92 Å². The number of hydrogen-bond donors (Lipinski definition) is 1. The molecule has 0 saturated heterocycles. The Morgan fingerprint density at radius 2 is 2.00 bits per heavy atom. The largest absolute Gasteiger partial charge is 0.384 e. The van der Waals surface area contributed by atoms with Gasteiger partial charge in [0.2, 0.25) is 0 Å². The first-order valence-electron chi connectivity index (χ1n) is 7.48. The molecule has 1 rings (SSSR count). The summed E-state index contributed by atoms with van der Waals surface area (Å²) in [5, 5.41) is 3.48. The van der Waals surface area contributed by atoms with E-state index in [9.17, 15) is 4.39 Å². The van der Waals surface area contributed by atoms with Gasteiger partial charge in [0.25, 0.3) is 0 Å². The molecule has 0 spiro atoms. The van der Waals surface area contributed by atoms with E-state index in [4.69, 9.17) is 4.74 Å². The van der Waals surface area contributed by atoms with Gasteiger partial charge in [0.15, 0.2) is 0 Å². The SMILES string of the molecule is CCCNC(CC(C)COC)c1c(C)cc(C)cc1F. The number of methoxy groups -OCH3 is 1. The Balaban J connectivity index is 2.97. The Hall–Kier alpha value is -0.930. The Labute approximate surface area is 122 Å². The van der Waals surface area contributed by atoms with E-state index in [1.165, 1.54) is 0 Å². The van der Waals surface area contributed by atoms with Crippen molar-refractivity contribution in [2.45, 2.75) is 46.6 Å². The van der Waals surface area contributed by atoms with Crippen LogP contribution in [0, 0.1) is 25.6 Å². The predicted molar refractivity (Wildman–Crippen MR) is 82.6 cm³/mol. The molecule has 2 unspecified atom stereocenters. The maximum Gasteiger partial charge on any atom is 0.128 e. The molecule has 0 aliphatic carbocycles. The van der Waals surface area contributed by atoms with Crippen molar-refractivity contribution in [2.75, 3.05) is 20.3 Å². The molecule has 0 aromatic heterocycles. The van der Waals surface area contributed by atoms with Crippen LogP contribution in [0.4, 0.5) is 4.39 Å². The highest BCUT2D eigenvalue weighted by Crippen LogP contribution is 2.28. The second kappa shape index (κ2) is 8.38. The number of hydrogen-bond acceptors (Lipinski definition) is 2. The van der Waals surface area contributed by atoms with Crippen molar-refractivity contribution in [3.63, 3.8) is 0 Å². The van der Waals surface area contributed by atoms with Crippen molar-refractivity contribution >= 4 is 0 Å². The Morgan fingerprint density at radius 3 is 2.55 bits per heavy atom. The molecule has 20 heavy (non-hydrogen) atoms. The third kappa shape index (κ3) is 4.88. The molecular weight excluding hydrogens is 253 g/mol. The highest BCUT2D eigenvalue weighted by molar-refractivity contribution is 5.34. The topological polar surface area (TPSA) is 21.3 Å². The van der Waals surface area contributed by atoms with Crippen molar-refractivity contribution in [1.29, 1.82) is 0 Å². The van der Waals surface area contributed by atoms with Gasteiger partial charge in [0, 0.05) is 25.3 Å². The van der Waals surface area contributed by atoms with Crippen LogP contribution in [0.25, 0.3) is 0 Å². The lowest BCUT2D eigenvalue weighted by atomic mass is 9.91. The minimum Gasteiger partial charge on any atom is -0.384 e. The summed E-state index contributed by atoms with van der Waals surface area (Å²) in [4.78, 5) is 0. The summed E-state index contributed by atoms with van der Waals surface area (Å²) < 4.78 is 19.6. The van der Waals surface area contributed by atoms with Gasteiger partial charge in [-0.3, -0.25) is 0 Å². The molecule has 114 valence electrons. The van der Waals surface area contributed by atoms with Gasteiger partial charge in [0.05, 0.1) is 0 Å². The van der Waals surface area contributed by atoms with Crippen LogP contribution in [0.15, 0.2) is 12.1 Å². The fourth-order valence-corrected chi connectivity index (χ4v) is 2.74. The quantitative estimate of drug-likeness (QED) is 0.772. The van der Waals surface area contributed by atoms with Gasteiger partial charge in [-0.1, -0.05) is 19.9 Å². The van der Waals surface area contributed by atoms with Gasteiger partial charge in [0.1, 0.15) is 5.82 Å². The summed E-state index contributed by atoms with van der Waals surface area (Å²) in [6.07, 6.45) is 1.93. The number of ether oxygens (including phenoxy) is 1. The first kappa shape index (κ1) is 17.1. The van der Waals surface area contributed by atoms with E-state index in [2.05, 4.69) is 25.2 Å². The third-order valence-electron chi connectivity index (χ3n) is 3.56. The summed E-state index contributed by atoms with van der Waals surface area (Å²) >= 11 is 0. The summed E-state index contributed by atoms with van der Waals surface area (Å²) in [6.45, 7) is 9.80. The molecule has 0 fully saturated rings. The summed E-state index contributed by atoms with van der Waals surface area (Å²) in [7, 11) is 1.71. The molecule has 0 aliphatic heterocycles. The molecule has 0 radical (unpaired) electrons. The van der Waals surface area contributed by atoms with Crippen LogP contribution in [-0.4, -0.2) is 20.3 Å². The second-order valence-electron chi connectivity index (χ2n) is 5.78. The van der Waals surface area contributed by atoms with E-state index < -0.39 is 0 Å². The number of aryl methyl sites for hydroxylation is 2. The van der Waals surface area contributed by atoms with Crippen LogP contribution < -0.4 is 5.32 Å². The number of halogens is 1. The smallest absolute Gasteiger partial charge is 0.128 e. The molecule has 1 aromatic rings. The van der Waals surface area contributed by atoms with Gasteiger partial charge in [-0.15, -0.1) is 0 Å². The van der Waals surface area contributed by atoms with Crippen LogP contribution in [0.2, 0.25) is 0 Å². The molecule has 0 amide bonds. The molecular formula is C17H28FNO.